The average Bonchev–Trinajstić information content (AvgIpc) is 2.80. The van der Waals surface area contributed by atoms with Gasteiger partial charge in [0, 0.05) is 19.3 Å². The first-order chi connectivity index (χ1) is 7.36. The molecule has 6 nitrogen and oxygen atoms in total. The number of morpholine rings is 1. The number of aromatic amines is 1. The largest absolute Gasteiger partial charge is 0.366 e. The van der Waals surface area contributed by atoms with Gasteiger partial charge in [-0.15, -0.1) is 0 Å². The molecule has 1 unspecified atom stereocenters. The van der Waals surface area contributed by atoms with Gasteiger partial charge in [-0.1, -0.05) is 0 Å². The molecule has 0 aliphatic carbocycles. The summed E-state index contributed by atoms with van der Waals surface area (Å²) in [6.45, 7) is 2.43. The molecule has 0 saturated carbocycles. The molecule has 1 aromatic rings. The number of carbonyl (C=O) groups excluding carboxylic acids is 1. The summed E-state index contributed by atoms with van der Waals surface area (Å²) in [5.41, 5.74) is 0.882. The summed E-state index contributed by atoms with van der Waals surface area (Å²) in [6.07, 6.45) is 2.89. The first kappa shape index (κ1) is 10.1. The van der Waals surface area contributed by atoms with E-state index < -0.39 is 0 Å². The molecule has 1 fully saturated rings. The molecular weight excluding hydrogens is 196 g/mol. The predicted octanol–water partition coefficient (Wildman–Crippen LogP) is -0.986. The first-order valence-electron chi connectivity index (χ1n) is 4.93. The van der Waals surface area contributed by atoms with E-state index in [-0.39, 0.29) is 12.0 Å². The maximum Gasteiger partial charge on any atom is 0.250 e. The lowest BCUT2D eigenvalue weighted by Crippen LogP contribution is -2.47. The highest BCUT2D eigenvalue weighted by molar-refractivity contribution is 5.81. The summed E-state index contributed by atoms with van der Waals surface area (Å²) < 4.78 is 5.31. The van der Waals surface area contributed by atoms with Crippen LogP contribution >= 0.6 is 0 Å². The van der Waals surface area contributed by atoms with Crippen molar-refractivity contribution in [2.75, 3.05) is 19.7 Å². The molecule has 15 heavy (non-hydrogen) atoms. The molecule has 6 heteroatoms. The van der Waals surface area contributed by atoms with Gasteiger partial charge in [-0.05, 0) is 0 Å². The predicted molar refractivity (Wildman–Crippen MR) is 53.0 cm³/mol. The highest BCUT2D eigenvalue weighted by atomic mass is 16.5. The standard InChI is InChI=1S/C9H14N4O2/c14-9(8-5-10-1-2-15-8)12-4-7-3-11-6-13-7/h3,6,8,10H,1-2,4-5H2,(H,11,13)(H,12,14). The number of amides is 1. The van der Waals surface area contributed by atoms with Crippen LogP contribution in [0, 0.1) is 0 Å². The third-order valence-corrected chi connectivity index (χ3v) is 2.23. The minimum atomic E-state index is -0.373. The van der Waals surface area contributed by atoms with Gasteiger partial charge in [0.2, 0.25) is 0 Å². The molecule has 2 heterocycles. The SMILES string of the molecule is O=C(NCc1cnc[nH]1)C1CNCCO1. The third-order valence-electron chi connectivity index (χ3n) is 2.23. The van der Waals surface area contributed by atoms with Crippen molar-refractivity contribution < 1.29 is 9.53 Å². The van der Waals surface area contributed by atoms with Gasteiger partial charge in [-0.3, -0.25) is 4.79 Å². The number of hydrogen-bond acceptors (Lipinski definition) is 4. The minimum absolute atomic E-state index is 0.0863. The van der Waals surface area contributed by atoms with Gasteiger partial charge in [0.05, 0.1) is 25.2 Å². The molecule has 0 aromatic carbocycles. The van der Waals surface area contributed by atoms with Crippen LogP contribution in [0.1, 0.15) is 5.69 Å². The zero-order chi connectivity index (χ0) is 10.5. The van der Waals surface area contributed by atoms with Crippen LogP contribution in [0.4, 0.5) is 0 Å². The van der Waals surface area contributed by atoms with Crippen molar-refractivity contribution >= 4 is 5.91 Å². The highest BCUT2D eigenvalue weighted by Gasteiger charge is 2.21. The quantitative estimate of drug-likeness (QED) is 0.599. The van der Waals surface area contributed by atoms with Gasteiger partial charge in [0.15, 0.2) is 0 Å². The van der Waals surface area contributed by atoms with Crippen LogP contribution < -0.4 is 10.6 Å². The Morgan fingerprint density at radius 2 is 2.67 bits per heavy atom. The third kappa shape index (κ3) is 2.77. The van der Waals surface area contributed by atoms with Crippen molar-refractivity contribution in [1.29, 1.82) is 0 Å². The maximum atomic E-state index is 11.6. The van der Waals surface area contributed by atoms with Crippen molar-refractivity contribution in [1.82, 2.24) is 20.6 Å². The molecule has 0 spiro atoms. The van der Waals surface area contributed by atoms with E-state index in [1.807, 2.05) is 0 Å². The second kappa shape index (κ2) is 4.90. The average molecular weight is 210 g/mol. The van der Waals surface area contributed by atoms with Crippen LogP contribution in [0.25, 0.3) is 0 Å². The van der Waals surface area contributed by atoms with Gasteiger partial charge < -0.3 is 20.4 Å². The lowest BCUT2D eigenvalue weighted by atomic mass is 10.3. The molecule has 1 saturated heterocycles. The monoisotopic (exact) mass is 210 g/mol. The Kier molecular flexibility index (Phi) is 3.31. The molecule has 2 rings (SSSR count). The van der Waals surface area contributed by atoms with Crippen molar-refractivity contribution in [3.63, 3.8) is 0 Å². The van der Waals surface area contributed by atoms with Crippen molar-refractivity contribution in [2.45, 2.75) is 12.6 Å². The van der Waals surface area contributed by atoms with Crippen LogP contribution in [0.15, 0.2) is 12.5 Å². The molecule has 1 aliphatic heterocycles. The summed E-state index contributed by atoms with van der Waals surface area (Å²) in [5, 5.41) is 5.88. The van der Waals surface area contributed by atoms with Gasteiger partial charge in [-0.25, -0.2) is 4.98 Å². The zero-order valence-electron chi connectivity index (χ0n) is 8.32. The normalized spacial score (nSPS) is 21.2. The van der Waals surface area contributed by atoms with E-state index in [1.165, 1.54) is 0 Å². The number of nitrogens with zero attached hydrogens (tertiary/aromatic N) is 1. The number of H-pyrrole nitrogens is 1. The number of rotatable bonds is 3. The van der Waals surface area contributed by atoms with Crippen molar-refractivity contribution in [3.05, 3.63) is 18.2 Å². The van der Waals surface area contributed by atoms with E-state index in [1.54, 1.807) is 12.5 Å². The minimum Gasteiger partial charge on any atom is -0.366 e. The first-order valence-corrected chi connectivity index (χ1v) is 4.93. The Balaban J connectivity index is 1.76. The fraction of sp³-hybridized carbons (Fsp3) is 0.556. The van der Waals surface area contributed by atoms with E-state index in [4.69, 9.17) is 4.74 Å². The van der Waals surface area contributed by atoms with Gasteiger partial charge in [-0.2, -0.15) is 0 Å². The molecular formula is C9H14N4O2. The van der Waals surface area contributed by atoms with Crippen LogP contribution in [0.5, 0.6) is 0 Å². The number of aromatic nitrogens is 2. The van der Waals surface area contributed by atoms with Gasteiger partial charge >= 0.3 is 0 Å². The molecule has 0 bridgehead atoms. The molecule has 82 valence electrons. The molecule has 1 amide bonds. The van der Waals surface area contributed by atoms with E-state index in [0.717, 1.165) is 12.2 Å². The zero-order valence-corrected chi connectivity index (χ0v) is 8.32. The number of carbonyl (C=O) groups is 1. The number of nitrogens with one attached hydrogen (secondary N) is 3. The maximum absolute atomic E-state index is 11.6. The Labute approximate surface area is 87.4 Å². The Morgan fingerprint density at radius 1 is 1.73 bits per heavy atom. The summed E-state index contributed by atoms with van der Waals surface area (Å²) >= 11 is 0. The molecule has 1 aromatic heterocycles. The van der Waals surface area contributed by atoms with Crippen LogP contribution in [-0.2, 0) is 16.1 Å². The van der Waals surface area contributed by atoms with E-state index in [9.17, 15) is 4.79 Å². The fourth-order valence-corrected chi connectivity index (χ4v) is 1.41. The number of imidazole rings is 1. The summed E-state index contributed by atoms with van der Waals surface area (Å²) in [7, 11) is 0. The Hall–Kier alpha value is -1.40. The Morgan fingerprint density at radius 3 is 3.33 bits per heavy atom. The summed E-state index contributed by atoms with van der Waals surface area (Å²) in [4.78, 5) is 18.4. The van der Waals surface area contributed by atoms with E-state index in [2.05, 4.69) is 20.6 Å². The Bertz CT molecular complexity index is 306. The van der Waals surface area contributed by atoms with E-state index in [0.29, 0.717) is 19.7 Å². The fourth-order valence-electron chi connectivity index (χ4n) is 1.41. The lowest BCUT2D eigenvalue weighted by Gasteiger charge is -2.22. The van der Waals surface area contributed by atoms with Crippen LogP contribution in [0.2, 0.25) is 0 Å². The smallest absolute Gasteiger partial charge is 0.250 e. The van der Waals surface area contributed by atoms with Crippen molar-refractivity contribution in [3.8, 4) is 0 Å². The van der Waals surface area contributed by atoms with Crippen molar-refractivity contribution in [2.24, 2.45) is 0 Å². The second-order valence-corrected chi connectivity index (χ2v) is 3.36. The van der Waals surface area contributed by atoms with Crippen LogP contribution in [-0.4, -0.2) is 41.7 Å². The lowest BCUT2D eigenvalue weighted by molar-refractivity contribution is -0.134. The summed E-state index contributed by atoms with van der Waals surface area (Å²) in [5.74, 6) is -0.0863. The molecule has 3 N–H and O–H groups in total. The summed E-state index contributed by atoms with van der Waals surface area (Å²) in [6, 6.07) is 0. The molecule has 1 atom stereocenters. The molecule has 0 radical (unpaired) electrons. The number of ether oxygens (including phenoxy) is 1. The van der Waals surface area contributed by atoms with Crippen LogP contribution in [0.3, 0.4) is 0 Å². The van der Waals surface area contributed by atoms with E-state index >= 15 is 0 Å². The second-order valence-electron chi connectivity index (χ2n) is 3.36. The topological polar surface area (TPSA) is 79.0 Å². The number of hydrogen-bond donors (Lipinski definition) is 3. The van der Waals surface area contributed by atoms with Gasteiger partial charge in [0.1, 0.15) is 6.10 Å². The van der Waals surface area contributed by atoms with Gasteiger partial charge in [0.25, 0.3) is 5.91 Å². The molecule has 1 aliphatic rings. The highest BCUT2D eigenvalue weighted by Crippen LogP contribution is 1.97.